The van der Waals surface area contributed by atoms with Gasteiger partial charge in [-0.05, 0) is 49.4 Å². The number of H-pyrrole nitrogens is 1. The van der Waals surface area contributed by atoms with Crippen molar-refractivity contribution in [1.82, 2.24) is 14.7 Å². The van der Waals surface area contributed by atoms with Crippen LogP contribution < -0.4 is 5.56 Å². The summed E-state index contributed by atoms with van der Waals surface area (Å²) in [6.07, 6.45) is 1.54. The molecule has 154 valence electrons. The van der Waals surface area contributed by atoms with Crippen LogP contribution in [0.15, 0.2) is 58.3 Å². The van der Waals surface area contributed by atoms with Crippen LogP contribution in [-0.2, 0) is 4.74 Å². The summed E-state index contributed by atoms with van der Waals surface area (Å²) in [7, 11) is 0. The highest BCUT2D eigenvalue weighted by Gasteiger charge is 2.18. The summed E-state index contributed by atoms with van der Waals surface area (Å²) in [4.78, 5) is 31.5. The van der Waals surface area contributed by atoms with Crippen molar-refractivity contribution in [3.63, 3.8) is 0 Å². The molecule has 0 saturated carbocycles. The van der Waals surface area contributed by atoms with E-state index in [0.29, 0.717) is 59.5 Å². The van der Waals surface area contributed by atoms with Gasteiger partial charge in [0.15, 0.2) is 0 Å². The minimum atomic E-state index is -0.211. The minimum Gasteiger partial charge on any atom is -0.378 e. The van der Waals surface area contributed by atoms with Gasteiger partial charge >= 0.3 is 0 Å². The summed E-state index contributed by atoms with van der Waals surface area (Å²) in [6, 6.07) is 14.1. The smallest absolute Gasteiger partial charge is 0.280 e. The number of benzene rings is 2. The number of aliphatic imine (C=N–C) groups is 1. The number of aromatic nitrogens is 2. The molecule has 1 fully saturated rings. The van der Waals surface area contributed by atoms with Crippen molar-refractivity contribution in [2.75, 3.05) is 26.3 Å². The van der Waals surface area contributed by atoms with Gasteiger partial charge in [0.2, 0.25) is 0 Å². The fourth-order valence-electron chi connectivity index (χ4n) is 3.29. The van der Waals surface area contributed by atoms with Crippen molar-refractivity contribution >= 4 is 29.4 Å². The summed E-state index contributed by atoms with van der Waals surface area (Å²) < 4.78 is 6.72. The summed E-state index contributed by atoms with van der Waals surface area (Å²) in [6.45, 7) is 4.15. The number of aromatic amines is 1. The number of halogens is 1. The van der Waals surface area contributed by atoms with Gasteiger partial charge in [0.05, 0.1) is 30.2 Å². The number of carbonyl (C=O) groups is 1. The van der Waals surface area contributed by atoms with E-state index in [1.807, 2.05) is 6.92 Å². The fourth-order valence-corrected chi connectivity index (χ4v) is 3.47. The highest BCUT2D eigenvalue weighted by atomic mass is 35.5. The number of nitrogens with zero attached hydrogens (tertiary/aromatic N) is 3. The Morgan fingerprint density at radius 3 is 2.60 bits per heavy atom. The molecule has 0 aliphatic carbocycles. The van der Waals surface area contributed by atoms with Gasteiger partial charge in [-0.25, -0.2) is 4.68 Å². The Hall–Kier alpha value is -3.16. The van der Waals surface area contributed by atoms with Crippen LogP contribution in [0.2, 0.25) is 5.02 Å². The van der Waals surface area contributed by atoms with E-state index in [2.05, 4.69) is 10.1 Å². The third-order valence-electron chi connectivity index (χ3n) is 4.94. The van der Waals surface area contributed by atoms with Crippen LogP contribution in [-0.4, -0.2) is 53.1 Å². The van der Waals surface area contributed by atoms with E-state index in [1.54, 1.807) is 53.4 Å². The van der Waals surface area contributed by atoms with Crippen LogP contribution >= 0.6 is 11.6 Å². The molecule has 0 atom stereocenters. The Morgan fingerprint density at radius 2 is 1.90 bits per heavy atom. The Bertz CT molecular complexity index is 1140. The molecule has 8 heteroatoms. The van der Waals surface area contributed by atoms with Gasteiger partial charge in [-0.15, -0.1) is 0 Å². The van der Waals surface area contributed by atoms with E-state index in [0.717, 1.165) is 0 Å². The molecular formula is C22H21ClN4O3. The van der Waals surface area contributed by atoms with Gasteiger partial charge in [-0.3, -0.25) is 19.7 Å². The molecule has 2 heterocycles. The van der Waals surface area contributed by atoms with E-state index in [1.165, 1.54) is 10.9 Å². The molecule has 0 radical (unpaired) electrons. The number of aryl methyl sites for hydroxylation is 1. The summed E-state index contributed by atoms with van der Waals surface area (Å²) in [5.74, 6) is -0.0142. The van der Waals surface area contributed by atoms with Crippen molar-refractivity contribution < 1.29 is 9.53 Å². The van der Waals surface area contributed by atoms with Crippen LogP contribution in [0.5, 0.6) is 0 Å². The van der Waals surface area contributed by atoms with Crippen molar-refractivity contribution in [2.45, 2.75) is 6.92 Å². The highest BCUT2D eigenvalue weighted by molar-refractivity contribution is 6.30. The number of hydrogen-bond donors (Lipinski definition) is 1. The lowest BCUT2D eigenvalue weighted by molar-refractivity contribution is 0.0303. The maximum Gasteiger partial charge on any atom is 0.280 e. The molecule has 1 aliphatic rings. The SMILES string of the molecule is Cc1[nH]n(-c2cccc(Cl)c2)c(=O)c1C=Nc1ccc(C(=O)N2CCOCC2)cc1. The van der Waals surface area contributed by atoms with Gasteiger partial charge in [0.25, 0.3) is 11.5 Å². The number of ether oxygens (including phenoxy) is 1. The lowest BCUT2D eigenvalue weighted by atomic mass is 10.1. The van der Waals surface area contributed by atoms with Crippen molar-refractivity contribution in [3.05, 3.63) is 80.7 Å². The number of morpholine rings is 1. The van der Waals surface area contributed by atoms with E-state index >= 15 is 0 Å². The number of amides is 1. The molecule has 1 aliphatic heterocycles. The molecule has 1 aromatic heterocycles. The molecule has 1 N–H and O–H groups in total. The molecule has 1 amide bonds. The zero-order chi connectivity index (χ0) is 21.1. The predicted molar refractivity (Wildman–Crippen MR) is 117 cm³/mol. The van der Waals surface area contributed by atoms with Gasteiger partial charge < -0.3 is 9.64 Å². The van der Waals surface area contributed by atoms with Gasteiger partial charge in [-0.2, -0.15) is 0 Å². The maximum atomic E-state index is 12.8. The van der Waals surface area contributed by atoms with Crippen LogP contribution in [0.1, 0.15) is 21.6 Å². The van der Waals surface area contributed by atoms with Crippen LogP contribution in [0.25, 0.3) is 5.69 Å². The molecule has 30 heavy (non-hydrogen) atoms. The average molecular weight is 425 g/mol. The van der Waals surface area contributed by atoms with Crippen molar-refractivity contribution in [1.29, 1.82) is 0 Å². The number of nitrogens with one attached hydrogen (secondary N) is 1. The monoisotopic (exact) mass is 424 g/mol. The van der Waals surface area contributed by atoms with Crippen LogP contribution in [0.3, 0.4) is 0 Å². The molecule has 1 saturated heterocycles. The molecular weight excluding hydrogens is 404 g/mol. The summed E-state index contributed by atoms with van der Waals surface area (Å²) in [5.41, 5.74) is 2.87. The van der Waals surface area contributed by atoms with Crippen molar-refractivity contribution in [2.24, 2.45) is 4.99 Å². The number of rotatable bonds is 4. The zero-order valence-corrected chi connectivity index (χ0v) is 17.2. The zero-order valence-electron chi connectivity index (χ0n) is 16.5. The number of hydrogen-bond acceptors (Lipinski definition) is 4. The molecule has 0 unspecified atom stereocenters. The van der Waals surface area contributed by atoms with E-state index < -0.39 is 0 Å². The standard InChI is InChI=1S/C22H21ClN4O3/c1-15-20(22(29)27(25-15)19-4-2-3-17(23)13-19)14-24-18-7-5-16(6-8-18)21(28)26-9-11-30-12-10-26/h2-8,13-14,25H,9-12H2,1H3. The second-order valence-electron chi connectivity index (χ2n) is 6.98. The third kappa shape index (κ3) is 4.22. The Morgan fingerprint density at radius 1 is 1.17 bits per heavy atom. The second-order valence-corrected chi connectivity index (χ2v) is 7.42. The quantitative estimate of drug-likeness (QED) is 0.652. The van der Waals surface area contributed by atoms with Gasteiger partial charge in [0.1, 0.15) is 0 Å². The second kappa shape index (κ2) is 8.69. The molecule has 0 spiro atoms. The van der Waals surface area contributed by atoms with E-state index in [-0.39, 0.29) is 11.5 Å². The normalized spacial score (nSPS) is 14.4. The maximum absolute atomic E-state index is 12.8. The van der Waals surface area contributed by atoms with Crippen LogP contribution in [0.4, 0.5) is 5.69 Å². The average Bonchev–Trinajstić information content (AvgIpc) is 3.06. The highest BCUT2D eigenvalue weighted by Crippen LogP contribution is 2.16. The molecule has 7 nitrogen and oxygen atoms in total. The van der Waals surface area contributed by atoms with E-state index in [4.69, 9.17) is 16.3 Å². The Kier molecular flexibility index (Phi) is 5.83. The lowest BCUT2D eigenvalue weighted by Crippen LogP contribution is -2.40. The minimum absolute atomic E-state index is 0.0142. The number of carbonyl (C=O) groups excluding carboxylic acids is 1. The Labute approximate surface area is 178 Å². The topological polar surface area (TPSA) is 79.7 Å². The molecule has 2 aromatic carbocycles. The lowest BCUT2D eigenvalue weighted by Gasteiger charge is -2.26. The van der Waals surface area contributed by atoms with E-state index in [9.17, 15) is 9.59 Å². The van der Waals surface area contributed by atoms with Gasteiger partial charge in [-0.1, -0.05) is 17.7 Å². The largest absolute Gasteiger partial charge is 0.378 e. The molecule has 4 rings (SSSR count). The first-order chi connectivity index (χ1) is 14.5. The first kappa shape index (κ1) is 20.1. The fraction of sp³-hybridized carbons (Fsp3) is 0.227. The Balaban J connectivity index is 1.53. The molecule has 3 aromatic rings. The third-order valence-corrected chi connectivity index (χ3v) is 5.17. The first-order valence-electron chi connectivity index (χ1n) is 9.61. The van der Waals surface area contributed by atoms with Crippen LogP contribution in [0, 0.1) is 6.92 Å². The van der Waals surface area contributed by atoms with Gasteiger partial charge in [0, 0.05) is 35.6 Å². The van der Waals surface area contributed by atoms with Crippen molar-refractivity contribution in [3.8, 4) is 5.69 Å². The first-order valence-corrected chi connectivity index (χ1v) is 9.99. The summed E-state index contributed by atoms with van der Waals surface area (Å²) >= 11 is 6.03. The summed E-state index contributed by atoms with van der Waals surface area (Å²) in [5, 5.41) is 3.60. The molecule has 0 bridgehead atoms. The predicted octanol–water partition coefficient (Wildman–Crippen LogP) is 3.35.